The summed E-state index contributed by atoms with van der Waals surface area (Å²) in [6, 6.07) is 0. The van der Waals surface area contributed by atoms with Crippen LogP contribution in [0.2, 0.25) is 0 Å². The van der Waals surface area contributed by atoms with Gasteiger partial charge in [-0.2, -0.15) is 0 Å². The van der Waals surface area contributed by atoms with Crippen molar-refractivity contribution < 1.29 is 87.0 Å². The van der Waals surface area contributed by atoms with Crippen LogP contribution in [0, 0.1) is 0 Å². The maximum Gasteiger partial charge on any atom is 0.673 e. The molecule has 0 aromatic heterocycles. The molecule has 0 radical (unpaired) electrons. The number of halogens is 16. The topological polar surface area (TPSA) is 0 Å². The summed E-state index contributed by atoms with van der Waals surface area (Å²) >= 11 is 0. The molecule has 4 nitrogen and oxygen atoms in total. The molecule has 0 amide bonds. The van der Waals surface area contributed by atoms with Gasteiger partial charge >= 0.3 is 29.0 Å². The number of hydrogen-bond donors (Lipinski definition) is 0. The molecule has 0 aromatic rings. The molecule has 0 aromatic carbocycles. The Balaban J connectivity index is -0.000000232. The second kappa shape index (κ2) is 108. The van der Waals surface area contributed by atoms with Crippen LogP contribution in [0.1, 0.15) is 573 Å². The van der Waals surface area contributed by atoms with E-state index in [0.29, 0.717) is 0 Å². The van der Waals surface area contributed by atoms with Crippen LogP contribution in [-0.2, 0) is 0 Å². The molecule has 0 spiro atoms. The maximum absolute atomic E-state index is 9.75. The molecule has 0 bridgehead atoms. The number of rotatable bonds is 88. The lowest BCUT2D eigenvalue weighted by molar-refractivity contribution is -0.929. The summed E-state index contributed by atoms with van der Waals surface area (Å²) in [5, 5.41) is 0. The van der Waals surface area contributed by atoms with E-state index < -0.39 is 29.0 Å². The van der Waals surface area contributed by atoms with Crippen LogP contribution in [0.15, 0.2) is 0 Å². The van der Waals surface area contributed by atoms with E-state index >= 15 is 0 Å². The zero-order valence-corrected chi connectivity index (χ0v) is 88.4. The van der Waals surface area contributed by atoms with Gasteiger partial charge in [-0.05, 0) is 128 Å². The van der Waals surface area contributed by atoms with Crippen LogP contribution < -0.4 is 0 Å². The molecule has 784 valence electrons. The van der Waals surface area contributed by atoms with Gasteiger partial charge in [-0.15, -0.1) is 0 Å². The number of quaternary nitrogens is 4. The lowest BCUT2D eigenvalue weighted by Gasteiger charge is -2.39. The highest BCUT2D eigenvalue weighted by Gasteiger charge is 2.30. The lowest BCUT2D eigenvalue weighted by atomic mass is 10.0. The molecular formula is C104H224B4F16N4. The molecule has 0 fully saturated rings. The minimum Gasteiger partial charge on any atom is -0.418 e. The minimum atomic E-state index is -6.00. The zero-order chi connectivity index (χ0) is 98.2. The Hall–Kier alpha value is -1.02. The van der Waals surface area contributed by atoms with Crippen LogP contribution in [-0.4, -0.2) is 152 Å². The van der Waals surface area contributed by atoms with Crippen molar-refractivity contribution >= 4 is 29.0 Å². The molecule has 128 heavy (non-hydrogen) atoms. The van der Waals surface area contributed by atoms with Gasteiger partial charge in [0, 0.05) is 0 Å². The Kier molecular flexibility index (Phi) is 120. The van der Waals surface area contributed by atoms with E-state index in [-0.39, 0.29) is 0 Å². The van der Waals surface area contributed by atoms with Gasteiger partial charge in [-0.3, -0.25) is 0 Å². The zero-order valence-electron chi connectivity index (χ0n) is 88.4. The number of hydrogen-bond acceptors (Lipinski definition) is 0. The largest absolute Gasteiger partial charge is 0.673 e. The van der Waals surface area contributed by atoms with Gasteiger partial charge in [0.1, 0.15) is 0 Å². The van der Waals surface area contributed by atoms with Gasteiger partial charge in [0.05, 0.1) is 105 Å². The predicted molar refractivity (Wildman–Crippen MR) is 543 cm³/mol. The summed E-state index contributed by atoms with van der Waals surface area (Å²) in [5.41, 5.74) is 0. The summed E-state index contributed by atoms with van der Waals surface area (Å²) in [5.74, 6) is 0. The fourth-order valence-electron chi connectivity index (χ4n) is 17.8. The highest BCUT2D eigenvalue weighted by Crippen LogP contribution is 2.26. The number of unbranched alkanes of at least 4 members (excludes halogenated alkanes) is 56. The predicted octanol–water partition coefficient (Wildman–Crippen LogP) is 40.8. The van der Waals surface area contributed by atoms with Gasteiger partial charge in [0.2, 0.25) is 0 Å². The van der Waals surface area contributed by atoms with Gasteiger partial charge in [0.25, 0.3) is 0 Å². The summed E-state index contributed by atoms with van der Waals surface area (Å²) in [7, 11) is -24.0. The Morgan fingerprint density at radius 3 is 0.219 bits per heavy atom. The first-order chi connectivity index (χ1) is 61.0. The van der Waals surface area contributed by atoms with Crippen molar-refractivity contribution in [1.29, 1.82) is 0 Å². The smallest absolute Gasteiger partial charge is 0.418 e. The van der Waals surface area contributed by atoms with Crippen molar-refractivity contribution in [1.82, 2.24) is 0 Å². The first kappa shape index (κ1) is 142. The van der Waals surface area contributed by atoms with Crippen molar-refractivity contribution in [3.63, 3.8) is 0 Å². The third-order valence-electron chi connectivity index (χ3n) is 25.8. The van der Waals surface area contributed by atoms with E-state index in [0.717, 1.165) is 0 Å². The van der Waals surface area contributed by atoms with Crippen molar-refractivity contribution in [2.45, 2.75) is 573 Å². The molecule has 0 rings (SSSR count). The molecule has 0 unspecified atom stereocenters. The van der Waals surface area contributed by atoms with Crippen LogP contribution in [0.3, 0.4) is 0 Å². The summed E-state index contributed by atoms with van der Waals surface area (Å²) in [6.07, 6.45) is 104. The van der Waals surface area contributed by atoms with Crippen molar-refractivity contribution in [3.05, 3.63) is 0 Å². The van der Waals surface area contributed by atoms with E-state index in [9.17, 15) is 69.1 Å². The highest BCUT2D eigenvalue weighted by molar-refractivity contribution is 6.51. The van der Waals surface area contributed by atoms with E-state index in [1.165, 1.54) is 585 Å². The quantitative estimate of drug-likeness (QED) is 0.0246. The van der Waals surface area contributed by atoms with Crippen LogP contribution in [0.4, 0.5) is 69.1 Å². The van der Waals surface area contributed by atoms with Gasteiger partial charge in [-0.1, -0.05) is 445 Å². The Labute approximate surface area is 789 Å². The fourth-order valence-corrected chi connectivity index (χ4v) is 17.8. The Bertz CT molecular complexity index is 1620. The molecule has 0 saturated heterocycles. The molecule has 0 atom stereocenters. The first-order valence-electron chi connectivity index (χ1n) is 55.9. The highest BCUT2D eigenvalue weighted by atomic mass is 19.5. The third kappa shape index (κ3) is 136. The van der Waals surface area contributed by atoms with Crippen LogP contribution in [0.25, 0.3) is 0 Å². The van der Waals surface area contributed by atoms with Crippen LogP contribution >= 0.6 is 0 Å². The normalized spacial score (nSPS) is 12.0. The lowest BCUT2D eigenvalue weighted by Crippen LogP contribution is -2.50. The maximum atomic E-state index is 9.75. The summed E-state index contributed by atoms with van der Waals surface area (Å²) in [6.45, 7) is 60.6. The van der Waals surface area contributed by atoms with E-state index in [1.807, 2.05) is 0 Å². The van der Waals surface area contributed by atoms with Gasteiger partial charge < -0.3 is 87.0 Å². The molecule has 0 heterocycles. The molecule has 0 N–H and O–H groups in total. The van der Waals surface area contributed by atoms with E-state index in [2.05, 4.69) is 111 Å². The molecule has 24 heteroatoms. The monoisotopic (exact) mass is 1880 g/mol. The second-order valence-electron chi connectivity index (χ2n) is 38.7. The first-order valence-corrected chi connectivity index (χ1v) is 55.9. The SMILES string of the molecule is CCCCCCCCCCCCCC[N+](CCCC)(CCCC)CCCC.CCCCCCCCCCCCCC[N+](CCCC)(CCCC)CCCC.CCCCCCCCCCCCCC[N+](CCCC)(CCCC)CCCC.CCCCCCCCCCCCCC[N+](CCCC)(CCCC)CCCC.F[B-](F)(F)F.F[B-](F)(F)F.F[B-](F)(F)F.F[B-](F)(F)F. The van der Waals surface area contributed by atoms with Gasteiger partial charge in [-0.25, -0.2) is 0 Å². The third-order valence-corrected chi connectivity index (χ3v) is 25.8. The second-order valence-corrected chi connectivity index (χ2v) is 38.7. The van der Waals surface area contributed by atoms with Gasteiger partial charge in [0.15, 0.2) is 0 Å². The Morgan fingerprint density at radius 2 is 0.148 bits per heavy atom. The average molecular weight is 1880 g/mol. The fraction of sp³-hybridized carbons (Fsp3) is 1.00. The molecule has 0 aliphatic heterocycles. The van der Waals surface area contributed by atoms with Crippen molar-refractivity contribution in [2.24, 2.45) is 0 Å². The number of nitrogens with zero attached hydrogens (tertiary/aromatic N) is 4. The van der Waals surface area contributed by atoms with Crippen molar-refractivity contribution in [2.75, 3.05) is 105 Å². The summed E-state index contributed by atoms with van der Waals surface area (Å²) < 4.78 is 162. The Morgan fingerprint density at radius 1 is 0.0938 bits per heavy atom. The van der Waals surface area contributed by atoms with Crippen molar-refractivity contribution in [3.8, 4) is 0 Å². The minimum absolute atomic E-state index is 1.36. The molecular weight excluding hydrogens is 1650 g/mol. The van der Waals surface area contributed by atoms with E-state index in [1.54, 1.807) is 0 Å². The van der Waals surface area contributed by atoms with Crippen LogP contribution in [0.5, 0.6) is 0 Å². The molecule has 0 saturated carbocycles. The molecule has 0 aliphatic carbocycles. The summed E-state index contributed by atoms with van der Waals surface area (Å²) in [4.78, 5) is 0. The standard InChI is InChI=1S/4C26H56N.4BF4/c4*1-5-9-13-14-15-16-17-18-19-20-21-22-26-27(23-10-6-2,24-11-7-3)25-12-8-4;4*2-1(3,4)5/h4*5-26H2,1-4H3;;;;/q4*+1;4*-1. The molecule has 0 aliphatic rings. The van der Waals surface area contributed by atoms with E-state index in [4.69, 9.17) is 0 Å². The average Bonchev–Trinajstić information content (AvgIpc) is 0.890.